The molecule has 54 valence electrons. The van der Waals surface area contributed by atoms with Crippen LogP contribution >= 0.6 is 18.1 Å². The molecule has 9 heavy (non-hydrogen) atoms. The summed E-state index contributed by atoms with van der Waals surface area (Å²) in [7, 11) is 9.81. The van der Waals surface area contributed by atoms with Crippen molar-refractivity contribution in [2.45, 2.75) is 19.1 Å². The van der Waals surface area contributed by atoms with Crippen molar-refractivity contribution in [1.29, 1.82) is 0 Å². The lowest BCUT2D eigenvalue weighted by molar-refractivity contribution is 0.555. The molecule has 0 spiro atoms. The molecule has 0 fully saturated rings. The second-order valence-electron chi connectivity index (χ2n) is 1.43. The van der Waals surface area contributed by atoms with Gasteiger partial charge in [-0.25, -0.2) is 4.21 Å². The molecular weight excluding hydrogens is 195 g/mol. The van der Waals surface area contributed by atoms with Crippen LogP contribution in [-0.4, -0.2) is 32.2 Å². The SMILES string of the molecule is CC(C)S(=O)O.[Cl][Mg][Cl]. The number of hydrogen-bond acceptors (Lipinski definition) is 1. The monoisotopic (exact) mass is 202 g/mol. The molecule has 0 rings (SSSR count). The molecule has 0 saturated carbocycles. The van der Waals surface area contributed by atoms with Gasteiger partial charge in [0.15, 0.2) is 11.1 Å². The molecule has 1 atom stereocenters. The second kappa shape index (κ2) is 9.46. The summed E-state index contributed by atoms with van der Waals surface area (Å²) in [5.74, 6) is 0. The Kier molecular flexibility index (Phi) is 13.7. The lowest BCUT2D eigenvalue weighted by Crippen LogP contribution is -2.01. The van der Waals surface area contributed by atoms with Crippen LogP contribution < -0.4 is 0 Å². The van der Waals surface area contributed by atoms with E-state index in [0.717, 1.165) is 0 Å². The minimum absolute atomic E-state index is 0.120. The van der Waals surface area contributed by atoms with E-state index in [9.17, 15) is 4.21 Å². The van der Waals surface area contributed by atoms with E-state index in [1.165, 1.54) is 0 Å². The van der Waals surface area contributed by atoms with Crippen LogP contribution in [0.3, 0.4) is 0 Å². The van der Waals surface area contributed by atoms with Gasteiger partial charge in [0.2, 0.25) is 0 Å². The summed E-state index contributed by atoms with van der Waals surface area (Å²) in [6, 6.07) is 0. The van der Waals surface area contributed by atoms with E-state index in [0.29, 0.717) is 0 Å². The Morgan fingerprint density at radius 1 is 1.56 bits per heavy atom. The van der Waals surface area contributed by atoms with Crippen LogP contribution in [-0.2, 0) is 11.1 Å². The summed E-state index contributed by atoms with van der Waals surface area (Å²) in [5.41, 5.74) is 0. The van der Waals surface area contributed by atoms with Gasteiger partial charge in [-0.1, -0.05) is 0 Å². The Hall–Kier alpha value is 1.46. The van der Waals surface area contributed by atoms with E-state index in [1.54, 1.807) is 13.8 Å². The van der Waals surface area contributed by atoms with Gasteiger partial charge >= 0.3 is 18.2 Å². The van der Waals surface area contributed by atoms with E-state index >= 15 is 0 Å². The third kappa shape index (κ3) is 17.7. The first kappa shape index (κ1) is 13.1. The van der Waals surface area contributed by atoms with Crippen molar-refractivity contribution in [1.82, 2.24) is 0 Å². The Bertz CT molecular complexity index is 80.2. The molecule has 0 aromatic rings. The number of rotatable bonds is 1. The van der Waals surface area contributed by atoms with Gasteiger partial charge in [0.1, 0.15) is 0 Å². The van der Waals surface area contributed by atoms with E-state index in [-0.39, 0.29) is 5.25 Å². The minimum Gasteiger partial charge on any atom is -0.309 e. The Balaban J connectivity index is 0. The molecule has 0 radical (unpaired) electrons. The first-order chi connectivity index (χ1) is 4.06. The Labute approximate surface area is 74.9 Å². The van der Waals surface area contributed by atoms with Gasteiger partial charge in [-0.3, -0.25) is 0 Å². The molecule has 0 heterocycles. The van der Waals surface area contributed by atoms with Crippen LogP contribution in [0.1, 0.15) is 13.8 Å². The largest absolute Gasteiger partial charge is 0.618 e. The van der Waals surface area contributed by atoms with E-state index in [1.807, 2.05) is 0 Å². The Morgan fingerprint density at radius 3 is 1.67 bits per heavy atom. The normalized spacial score (nSPS) is 11.3. The Morgan fingerprint density at radius 2 is 1.67 bits per heavy atom. The fourth-order valence-corrected chi connectivity index (χ4v) is 0. The highest BCUT2D eigenvalue weighted by Crippen LogP contribution is 1.85. The van der Waals surface area contributed by atoms with Crippen LogP contribution in [0.4, 0.5) is 0 Å². The van der Waals surface area contributed by atoms with Crippen molar-refractivity contribution in [2.75, 3.05) is 0 Å². The standard InChI is InChI=1S/C3H8O2S.2ClH.Mg/c1-3(2)6(4)5;;;/h3H,1-2H3,(H,4,5);2*1H;/q;;;+2/p-2. The van der Waals surface area contributed by atoms with Gasteiger partial charge in [0.25, 0.3) is 0 Å². The van der Waals surface area contributed by atoms with E-state index in [4.69, 9.17) is 22.7 Å². The summed E-state index contributed by atoms with van der Waals surface area (Å²) in [6.07, 6.45) is 0. The molecule has 1 unspecified atom stereocenters. The molecule has 0 saturated heterocycles. The zero-order valence-corrected chi connectivity index (χ0v) is 9.05. The van der Waals surface area contributed by atoms with Crippen LogP contribution in [0, 0.1) is 0 Å². The summed E-state index contributed by atoms with van der Waals surface area (Å²) in [4.78, 5) is 0. The fourth-order valence-electron chi connectivity index (χ4n) is 0. The molecular formula is C3H8Cl2MgO2S. The molecule has 0 aliphatic rings. The first-order valence-corrected chi connectivity index (χ1v) is 7.72. The summed E-state index contributed by atoms with van der Waals surface area (Å²) >= 11 is -2.26. The second-order valence-corrected chi connectivity index (χ2v) is 5.55. The quantitative estimate of drug-likeness (QED) is 0.519. The molecule has 0 amide bonds. The molecule has 0 aromatic carbocycles. The molecule has 0 bridgehead atoms. The molecule has 0 aromatic heterocycles. The zero-order valence-electron chi connectivity index (χ0n) is 5.30. The maximum Gasteiger partial charge on any atom is 0.618 e. The van der Waals surface area contributed by atoms with Gasteiger partial charge in [-0.05, 0) is 13.8 Å². The highest BCUT2D eigenvalue weighted by molar-refractivity contribution is 7.79. The predicted octanol–water partition coefficient (Wildman–Crippen LogP) is 1.61. The van der Waals surface area contributed by atoms with Crippen LogP contribution in [0.15, 0.2) is 0 Å². The number of hydrogen-bond donors (Lipinski definition) is 1. The summed E-state index contributed by atoms with van der Waals surface area (Å²) in [5, 5.41) is -0.120. The molecule has 0 aliphatic heterocycles. The van der Waals surface area contributed by atoms with Crippen molar-refractivity contribution in [3.63, 3.8) is 0 Å². The molecule has 2 nitrogen and oxygen atoms in total. The lowest BCUT2D eigenvalue weighted by Gasteiger charge is -1.90. The van der Waals surface area contributed by atoms with Crippen LogP contribution in [0.2, 0.25) is 0 Å². The van der Waals surface area contributed by atoms with Crippen molar-refractivity contribution < 1.29 is 8.76 Å². The fraction of sp³-hybridized carbons (Fsp3) is 1.00. The van der Waals surface area contributed by atoms with Crippen molar-refractivity contribution in [3.8, 4) is 0 Å². The molecule has 1 N–H and O–H groups in total. The van der Waals surface area contributed by atoms with Crippen molar-refractivity contribution in [2.24, 2.45) is 0 Å². The molecule has 0 aliphatic carbocycles. The van der Waals surface area contributed by atoms with E-state index in [2.05, 4.69) is 0 Å². The maximum absolute atomic E-state index is 9.81. The lowest BCUT2D eigenvalue weighted by atomic mass is 10.6. The zero-order chi connectivity index (χ0) is 7.86. The van der Waals surface area contributed by atoms with E-state index < -0.39 is 29.2 Å². The third-order valence-electron chi connectivity index (χ3n) is 0.403. The summed E-state index contributed by atoms with van der Waals surface area (Å²) < 4.78 is 17.9. The van der Waals surface area contributed by atoms with Crippen LogP contribution in [0.25, 0.3) is 0 Å². The van der Waals surface area contributed by atoms with Crippen molar-refractivity contribution in [3.05, 3.63) is 0 Å². The highest BCUT2D eigenvalue weighted by Gasteiger charge is 1.95. The maximum atomic E-state index is 9.81. The highest BCUT2D eigenvalue weighted by atomic mass is 35.6. The predicted molar refractivity (Wildman–Crippen MR) is 43.4 cm³/mol. The first-order valence-electron chi connectivity index (χ1n) is 2.27. The average Bonchev–Trinajstić information content (AvgIpc) is 1.68. The van der Waals surface area contributed by atoms with Gasteiger partial charge in [-0.15, -0.1) is 0 Å². The van der Waals surface area contributed by atoms with Gasteiger partial charge in [0, 0.05) is 0 Å². The van der Waals surface area contributed by atoms with Gasteiger partial charge in [0.05, 0.1) is 5.25 Å². The van der Waals surface area contributed by atoms with Gasteiger partial charge < -0.3 is 22.7 Å². The van der Waals surface area contributed by atoms with Crippen LogP contribution in [0.5, 0.6) is 0 Å². The van der Waals surface area contributed by atoms with Crippen molar-refractivity contribution >= 4 is 47.4 Å². The van der Waals surface area contributed by atoms with Gasteiger partial charge in [-0.2, -0.15) is 0 Å². The third-order valence-corrected chi connectivity index (χ3v) is 1.21. The molecule has 6 heteroatoms. The average molecular weight is 203 g/mol. The number of halogens is 2. The smallest absolute Gasteiger partial charge is 0.309 e. The summed E-state index contributed by atoms with van der Waals surface area (Å²) in [6.45, 7) is 3.38. The topological polar surface area (TPSA) is 37.3 Å². The minimum atomic E-state index is -1.62.